The minimum absolute atomic E-state index is 0.0313. The molecule has 2 aromatic heterocycles. The second-order valence-electron chi connectivity index (χ2n) is 10.4. The molecule has 3 fully saturated rings. The maximum Gasteiger partial charge on any atom is 0.274 e. The number of carbonyl (C=O) groups excluding carboxylic acids is 2. The minimum atomic E-state index is -0.398. The van der Waals surface area contributed by atoms with E-state index in [9.17, 15) is 9.59 Å². The van der Waals surface area contributed by atoms with Crippen LogP contribution in [0.3, 0.4) is 0 Å². The molecule has 0 aliphatic carbocycles. The van der Waals surface area contributed by atoms with E-state index in [1.54, 1.807) is 12.1 Å². The first-order valence-corrected chi connectivity index (χ1v) is 14.4. The van der Waals surface area contributed by atoms with Gasteiger partial charge in [0.2, 0.25) is 0 Å². The van der Waals surface area contributed by atoms with Gasteiger partial charge in [-0.15, -0.1) is 0 Å². The Kier molecular flexibility index (Phi) is 8.79. The third-order valence-electron chi connectivity index (χ3n) is 7.98. The Labute approximate surface area is 243 Å². The second-order valence-corrected chi connectivity index (χ2v) is 11.2. The van der Waals surface area contributed by atoms with E-state index in [-0.39, 0.29) is 45.6 Å². The number of nitrogens with zero attached hydrogens (tertiary/aromatic N) is 6. The van der Waals surface area contributed by atoms with Crippen molar-refractivity contribution in [3.8, 4) is 0 Å². The number of hydrogen-bond donors (Lipinski definition) is 3. The summed E-state index contributed by atoms with van der Waals surface area (Å²) >= 11 is 12.4. The van der Waals surface area contributed by atoms with Crippen LogP contribution in [0.5, 0.6) is 0 Å². The summed E-state index contributed by atoms with van der Waals surface area (Å²) in [5.41, 5.74) is 12.5. The fraction of sp³-hybridized carbons (Fsp3) is 0.577. The van der Waals surface area contributed by atoms with Gasteiger partial charge in [-0.3, -0.25) is 14.5 Å². The molecule has 2 amide bonds. The Balaban J connectivity index is 1.20. The number of halogens is 2. The van der Waals surface area contributed by atoms with Gasteiger partial charge in [0.25, 0.3) is 11.8 Å². The fourth-order valence-electron chi connectivity index (χ4n) is 5.80. The van der Waals surface area contributed by atoms with Crippen molar-refractivity contribution in [3.05, 3.63) is 33.7 Å². The fourth-order valence-corrected chi connectivity index (χ4v) is 6.20. The van der Waals surface area contributed by atoms with Gasteiger partial charge < -0.3 is 31.3 Å². The summed E-state index contributed by atoms with van der Waals surface area (Å²) in [4.78, 5) is 45.0. The zero-order valence-corrected chi connectivity index (χ0v) is 24.0. The lowest BCUT2D eigenvalue weighted by molar-refractivity contribution is 0.0491. The predicted molar refractivity (Wildman–Crippen MR) is 154 cm³/mol. The van der Waals surface area contributed by atoms with E-state index in [0.29, 0.717) is 56.8 Å². The number of nitrogen functional groups attached to an aromatic ring is 2. The van der Waals surface area contributed by atoms with Crippen LogP contribution in [-0.4, -0.2) is 101 Å². The number of carbonyl (C=O) groups is 2. The molecule has 1 unspecified atom stereocenters. The highest BCUT2D eigenvalue weighted by Gasteiger charge is 2.36. The summed E-state index contributed by atoms with van der Waals surface area (Å²) in [5.74, 6) is 0.190. The van der Waals surface area contributed by atoms with Crippen molar-refractivity contribution in [1.82, 2.24) is 30.1 Å². The van der Waals surface area contributed by atoms with Crippen molar-refractivity contribution in [2.45, 2.75) is 50.7 Å². The Morgan fingerprint density at radius 2 is 1.82 bits per heavy atom. The number of nitrogens with two attached hydrogens (primary N) is 2. The van der Waals surface area contributed by atoms with E-state index in [0.717, 1.165) is 32.2 Å². The number of ether oxygens (including phenoxy) is 1. The molecule has 5 N–H and O–H groups in total. The average molecular weight is 593 g/mol. The number of pyridine rings is 1. The van der Waals surface area contributed by atoms with Crippen molar-refractivity contribution < 1.29 is 14.3 Å². The topological polar surface area (TPSA) is 156 Å². The molecule has 5 rings (SSSR count). The molecule has 3 aliphatic heterocycles. The molecule has 3 saturated heterocycles. The number of nitrogens with one attached hydrogen (secondary N) is 1. The number of aromatic nitrogens is 3. The van der Waals surface area contributed by atoms with Crippen LogP contribution in [-0.2, 0) is 4.74 Å². The third kappa shape index (κ3) is 6.04. The normalized spacial score (nSPS) is 22.5. The monoisotopic (exact) mass is 591 g/mol. The lowest BCUT2D eigenvalue weighted by atomic mass is 9.97. The highest BCUT2D eigenvalue weighted by Crippen LogP contribution is 2.30. The molecule has 216 valence electrons. The Morgan fingerprint density at radius 3 is 2.50 bits per heavy atom. The van der Waals surface area contributed by atoms with Crippen LogP contribution in [0.4, 0.5) is 17.5 Å². The number of amides is 2. The highest BCUT2D eigenvalue weighted by molar-refractivity contribution is 6.32. The summed E-state index contributed by atoms with van der Waals surface area (Å²) < 4.78 is 5.31. The molecule has 12 nitrogen and oxygen atoms in total. The van der Waals surface area contributed by atoms with E-state index in [1.165, 1.54) is 0 Å². The van der Waals surface area contributed by atoms with Gasteiger partial charge in [-0.2, -0.15) is 0 Å². The predicted octanol–water partition coefficient (Wildman–Crippen LogP) is 2.07. The lowest BCUT2D eigenvalue weighted by Gasteiger charge is -2.47. The molecule has 14 heteroatoms. The van der Waals surface area contributed by atoms with Crippen LogP contribution in [0.1, 0.15) is 53.5 Å². The van der Waals surface area contributed by atoms with E-state index in [2.05, 4.69) is 37.0 Å². The molecular formula is C26H35Cl2N9O3. The first-order valence-electron chi connectivity index (χ1n) is 13.7. The third-order valence-corrected chi connectivity index (χ3v) is 8.45. The number of rotatable bonds is 6. The van der Waals surface area contributed by atoms with Crippen LogP contribution in [0.2, 0.25) is 10.3 Å². The van der Waals surface area contributed by atoms with E-state index < -0.39 is 5.91 Å². The molecule has 2 aromatic rings. The zero-order valence-electron chi connectivity index (χ0n) is 22.5. The molecule has 0 aromatic carbocycles. The molecule has 0 radical (unpaired) electrons. The van der Waals surface area contributed by atoms with Crippen LogP contribution in [0.15, 0.2) is 12.1 Å². The van der Waals surface area contributed by atoms with E-state index in [4.69, 9.17) is 39.4 Å². The Morgan fingerprint density at radius 1 is 1.05 bits per heavy atom. The van der Waals surface area contributed by atoms with E-state index >= 15 is 0 Å². The van der Waals surface area contributed by atoms with Gasteiger partial charge in [-0.1, -0.05) is 30.1 Å². The van der Waals surface area contributed by atoms with Crippen molar-refractivity contribution in [3.63, 3.8) is 0 Å². The number of anilines is 3. The summed E-state index contributed by atoms with van der Waals surface area (Å²) in [6.45, 7) is 6.76. The molecule has 2 atom stereocenters. The maximum absolute atomic E-state index is 13.0. The Bertz CT molecular complexity index is 1250. The summed E-state index contributed by atoms with van der Waals surface area (Å²) in [6, 6.07) is 3.77. The smallest absolute Gasteiger partial charge is 0.274 e. The van der Waals surface area contributed by atoms with Gasteiger partial charge in [-0.05, 0) is 37.8 Å². The molecule has 0 bridgehead atoms. The van der Waals surface area contributed by atoms with Gasteiger partial charge in [0.15, 0.2) is 22.5 Å². The first kappa shape index (κ1) is 28.6. The van der Waals surface area contributed by atoms with Gasteiger partial charge in [0.1, 0.15) is 11.0 Å². The van der Waals surface area contributed by atoms with Crippen LogP contribution in [0.25, 0.3) is 0 Å². The zero-order chi connectivity index (χ0) is 28.4. The average Bonchev–Trinajstić information content (AvgIpc) is 3.46. The SMILES string of the molecule is CC[C@H]1CN(c2nc(N)c(C(=O)NC3CCOC3)nc2Cl)CCN1C1CCN(C(=O)c2ccc(Cl)nc2N)CC1. The number of piperazine rings is 1. The van der Waals surface area contributed by atoms with Gasteiger partial charge in [-0.25, -0.2) is 15.0 Å². The van der Waals surface area contributed by atoms with Gasteiger partial charge in [0, 0.05) is 51.4 Å². The van der Waals surface area contributed by atoms with Crippen LogP contribution < -0.4 is 21.7 Å². The maximum atomic E-state index is 13.0. The molecule has 0 saturated carbocycles. The summed E-state index contributed by atoms with van der Waals surface area (Å²) in [5, 5.41) is 3.31. The summed E-state index contributed by atoms with van der Waals surface area (Å²) in [7, 11) is 0. The molecule has 3 aliphatic rings. The quantitative estimate of drug-likeness (QED) is 0.425. The van der Waals surface area contributed by atoms with Crippen molar-refractivity contribution in [2.24, 2.45) is 0 Å². The Hall–Kier alpha value is -2.93. The van der Waals surface area contributed by atoms with Gasteiger partial charge in [0.05, 0.1) is 18.2 Å². The van der Waals surface area contributed by atoms with Crippen molar-refractivity contribution in [2.75, 3.05) is 62.3 Å². The molecule has 5 heterocycles. The van der Waals surface area contributed by atoms with E-state index in [1.807, 2.05) is 4.90 Å². The molecule has 0 spiro atoms. The van der Waals surface area contributed by atoms with Crippen LogP contribution in [0, 0.1) is 0 Å². The highest BCUT2D eigenvalue weighted by atomic mass is 35.5. The molecule has 40 heavy (non-hydrogen) atoms. The standard InChI is InChI=1S/C26H35Cl2N9O3/c1-2-16-13-36(24-21(28)33-20(23(30)34-24)25(38)31-15-7-12-40-14-15)10-11-37(16)17-5-8-35(9-6-17)26(39)18-3-4-19(27)32-22(18)29/h3-4,15-17H,2,5-14H2,1H3,(H2,29,32)(H2,30,34)(H,31,38)/t15?,16-/m0/s1. The van der Waals surface area contributed by atoms with Crippen LogP contribution >= 0.6 is 23.2 Å². The van der Waals surface area contributed by atoms with Crippen molar-refractivity contribution in [1.29, 1.82) is 0 Å². The molecular weight excluding hydrogens is 557 g/mol. The van der Waals surface area contributed by atoms with Crippen molar-refractivity contribution >= 4 is 52.5 Å². The summed E-state index contributed by atoms with van der Waals surface area (Å²) in [6.07, 6.45) is 3.42. The number of hydrogen-bond acceptors (Lipinski definition) is 10. The second kappa shape index (κ2) is 12.3. The largest absolute Gasteiger partial charge is 0.383 e. The first-order chi connectivity index (χ1) is 19.2. The van der Waals surface area contributed by atoms with Gasteiger partial charge >= 0.3 is 0 Å². The lowest BCUT2D eigenvalue weighted by Crippen LogP contribution is -2.58. The minimum Gasteiger partial charge on any atom is -0.383 e. The number of piperidine rings is 1. The number of likely N-dealkylation sites (tertiary alicyclic amines) is 1.